The van der Waals surface area contributed by atoms with Gasteiger partial charge in [0.05, 0.1) is 24.6 Å². The Labute approximate surface area is 106 Å². The van der Waals surface area contributed by atoms with Crippen molar-refractivity contribution in [3.63, 3.8) is 0 Å². The molecule has 2 fully saturated rings. The quantitative estimate of drug-likeness (QED) is 0.753. The fraction of sp³-hybridized carbons (Fsp3) is 0.571. The molecule has 2 aliphatic rings. The van der Waals surface area contributed by atoms with Gasteiger partial charge in [0.15, 0.2) is 0 Å². The van der Waals surface area contributed by atoms with E-state index in [9.17, 15) is 9.59 Å². The molecule has 2 amide bonds. The molecule has 3 rings (SSSR count). The van der Waals surface area contributed by atoms with Gasteiger partial charge in [-0.2, -0.15) is 0 Å². The number of amides is 2. The number of likely N-dealkylation sites (tertiary alicyclic amines) is 1. The minimum Gasteiger partial charge on any atom is -0.467 e. The number of nitrogens with zero attached hydrogens (tertiary/aromatic N) is 1. The van der Waals surface area contributed by atoms with Gasteiger partial charge in [-0.15, -0.1) is 0 Å². The van der Waals surface area contributed by atoms with Gasteiger partial charge >= 0.3 is 0 Å². The lowest BCUT2D eigenvalue weighted by Gasteiger charge is -2.25. The van der Waals surface area contributed by atoms with Crippen molar-refractivity contribution >= 4 is 11.8 Å². The summed E-state index contributed by atoms with van der Waals surface area (Å²) >= 11 is 0. The number of carbonyl (C=O) groups excluding carboxylic acids is 2. The highest BCUT2D eigenvalue weighted by atomic mass is 16.3. The van der Waals surface area contributed by atoms with E-state index in [0.717, 1.165) is 19.3 Å². The Bertz CT molecular complexity index is 465. The molecule has 0 spiro atoms. The Morgan fingerprint density at radius 2 is 2.06 bits per heavy atom. The third-order valence-corrected chi connectivity index (χ3v) is 4.17. The zero-order valence-corrected chi connectivity index (χ0v) is 10.5. The molecule has 1 aromatic rings. The summed E-state index contributed by atoms with van der Waals surface area (Å²) in [6.07, 6.45) is 4.32. The standard InChI is InChI=1S/C14H17NO3/c1-9-4-5-11-12(7-9)14(17)15(13(11)16)8-10-3-2-6-18-10/h2-3,6,9,11-12H,4-5,7-8H2,1H3/t9-,11-,12-/m1/s1. The molecule has 1 saturated carbocycles. The van der Waals surface area contributed by atoms with Crippen LogP contribution in [-0.4, -0.2) is 16.7 Å². The van der Waals surface area contributed by atoms with Crippen LogP contribution in [0.1, 0.15) is 31.9 Å². The highest BCUT2D eigenvalue weighted by molar-refractivity contribution is 6.05. The van der Waals surface area contributed by atoms with Crippen LogP contribution in [0.5, 0.6) is 0 Å². The fourth-order valence-corrected chi connectivity index (χ4v) is 3.17. The number of fused-ring (bicyclic) bond motifs is 1. The Kier molecular flexibility index (Phi) is 2.73. The van der Waals surface area contributed by atoms with Crippen LogP contribution in [0, 0.1) is 17.8 Å². The van der Waals surface area contributed by atoms with E-state index < -0.39 is 0 Å². The number of hydrogen-bond acceptors (Lipinski definition) is 3. The smallest absolute Gasteiger partial charge is 0.233 e. The molecule has 0 bridgehead atoms. The average Bonchev–Trinajstić information content (AvgIpc) is 2.93. The summed E-state index contributed by atoms with van der Waals surface area (Å²) in [5, 5.41) is 0. The van der Waals surface area contributed by atoms with E-state index in [1.54, 1.807) is 18.4 Å². The SMILES string of the molecule is C[C@@H]1CC[C@H]2C(=O)N(Cc3ccco3)C(=O)[C@@H]2C1. The molecule has 3 atom stereocenters. The minimum absolute atomic E-state index is 0.00620. The van der Waals surface area contributed by atoms with Crippen LogP contribution >= 0.6 is 0 Å². The molecule has 0 N–H and O–H groups in total. The highest BCUT2D eigenvalue weighted by Crippen LogP contribution is 2.40. The molecule has 0 unspecified atom stereocenters. The third-order valence-electron chi connectivity index (χ3n) is 4.17. The maximum atomic E-state index is 12.3. The average molecular weight is 247 g/mol. The maximum Gasteiger partial charge on any atom is 0.233 e. The van der Waals surface area contributed by atoms with E-state index in [-0.39, 0.29) is 30.2 Å². The van der Waals surface area contributed by atoms with E-state index in [2.05, 4.69) is 6.92 Å². The van der Waals surface area contributed by atoms with E-state index >= 15 is 0 Å². The second kappa shape index (κ2) is 4.26. The first-order chi connectivity index (χ1) is 8.66. The molecular weight excluding hydrogens is 230 g/mol. The first-order valence-corrected chi connectivity index (χ1v) is 6.54. The summed E-state index contributed by atoms with van der Waals surface area (Å²) in [5.41, 5.74) is 0. The largest absolute Gasteiger partial charge is 0.467 e. The molecule has 1 aromatic heterocycles. The Morgan fingerprint density at radius 1 is 1.28 bits per heavy atom. The van der Waals surface area contributed by atoms with Crippen molar-refractivity contribution in [3.8, 4) is 0 Å². The van der Waals surface area contributed by atoms with Crippen LogP contribution < -0.4 is 0 Å². The van der Waals surface area contributed by atoms with Gasteiger partial charge in [0, 0.05) is 0 Å². The lowest BCUT2D eigenvalue weighted by molar-refractivity contribution is -0.140. The van der Waals surface area contributed by atoms with Gasteiger partial charge in [-0.25, -0.2) is 0 Å². The van der Waals surface area contributed by atoms with Crippen molar-refractivity contribution in [1.82, 2.24) is 4.90 Å². The molecule has 2 heterocycles. The summed E-state index contributed by atoms with van der Waals surface area (Å²) in [6, 6.07) is 3.57. The van der Waals surface area contributed by atoms with Crippen LogP contribution in [0.25, 0.3) is 0 Å². The molecule has 1 saturated heterocycles. The normalized spacial score (nSPS) is 31.8. The van der Waals surface area contributed by atoms with Crippen molar-refractivity contribution in [1.29, 1.82) is 0 Å². The molecule has 18 heavy (non-hydrogen) atoms. The first kappa shape index (κ1) is 11.5. The number of rotatable bonds is 2. The zero-order chi connectivity index (χ0) is 12.7. The van der Waals surface area contributed by atoms with Gasteiger partial charge < -0.3 is 4.42 Å². The molecular formula is C14H17NO3. The van der Waals surface area contributed by atoms with E-state index in [1.165, 1.54) is 4.90 Å². The Balaban J connectivity index is 1.80. The fourth-order valence-electron chi connectivity index (χ4n) is 3.17. The van der Waals surface area contributed by atoms with Crippen molar-refractivity contribution in [2.45, 2.75) is 32.7 Å². The minimum atomic E-state index is -0.0868. The topological polar surface area (TPSA) is 50.5 Å². The van der Waals surface area contributed by atoms with Crippen molar-refractivity contribution in [2.24, 2.45) is 17.8 Å². The van der Waals surface area contributed by atoms with Crippen LogP contribution in [-0.2, 0) is 16.1 Å². The molecule has 0 aromatic carbocycles. The summed E-state index contributed by atoms with van der Waals surface area (Å²) in [5.74, 6) is 1.04. The highest BCUT2D eigenvalue weighted by Gasteiger charge is 2.49. The van der Waals surface area contributed by atoms with E-state index in [4.69, 9.17) is 4.42 Å². The summed E-state index contributed by atoms with van der Waals surface area (Å²) < 4.78 is 5.22. The van der Waals surface area contributed by atoms with Crippen LogP contribution in [0.2, 0.25) is 0 Å². The zero-order valence-electron chi connectivity index (χ0n) is 10.5. The van der Waals surface area contributed by atoms with Crippen molar-refractivity contribution in [3.05, 3.63) is 24.2 Å². The van der Waals surface area contributed by atoms with E-state index in [1.807, 2.05) is 0 Å². The number of hydrogen-bond donors (Lipinski definition) is 0. The summed E-state index contributed by atoms with van der Waals surface area (Å²) in [4.78, 5) is 25.9. The predicted molar refractivity (Wildman–Crippen MR) is 64.3 cm³/mol. The molecule has 4 heteroatoms. The number of carbonyl (C=O) groups is 2. The molecule has 4 nitrogen and oxygen atoms in total. The molecule has 1 aliphatic heterocycles. The number of furan rings is 1. The molecule has 1 aliphatic carbocycles. The van der Waals surface area contributed by atoms with Gasteiger partial charge in [0.25, 0.3) is 0 Å². The lowest BCUT2D eigenvalue weighted by atomic mass is 9.76. The third kappa shape index (κ3) is 1.76. The van der Waals surface area contributed by atoms with Gasteiger partial charge in [-0.3, -0.25) is 14.5 Å². The maximum absolute atomic E-state index is 12.3. The Hall–Kier alpha value is -1.58. The summed E-state index contributed by atoms with van der Waals surface area (Å²) in [6.45, 7) is 2.44. The predicted octanol–water partition coefficient (Wildman–Crippen LogP) is 2.20. The van der Waals surface area contributed by atoms with Gasteiger partial charge in [-0.05, 0) is 37.3 Å². The molecule has 96 valence electrons. The Morgan fingerprint density at radius 3 is 2.78 bits per heavy atom. The van der Waals surface area contributed by atoms with Crippen LogP contribution in [0.4, 0.5) is 0 Å². The first-order valence-electron chi connectivity index (χ1n) is 6.54. The second-order valence-corrected chi connectivity index (χ2v) is 5.47. The molecule has 0 radical (unpaired) electrons. The van der Waals surface area contributed by atoms with E-state index in [0.29, 0.717) is 11.7 Å². The van der Waals surface area contributed by atoms with Crippen molar-refractivity contribution in [2.75, 3.05) is 0 Å². The second-order valence-electron chi connectivity index (χ2n) is 5.47. The van der Waals surface area contributed by atoms with Crippen molar-refractivity contribution < 1.29 is 14.0 Å². The summed E-state index contributed by atoms with van der Waals surface area (Å²) in [7, 11) is 0. The lowest BCUT2D eigenvalue weighted by Crippen LogP contribution is -2.30. The number of imide groups is 1. The monoisotopic (exact) mass is 247 g/mol. The van der Waals surface area contributed by atoms with Crippen LogP contribution in [0.15, 0.2) is 22.8 Å². The van der Waals surface area contributed by atoms with Crippen LogP contribution in [0.3, 0.4) is 0 Å². The van der Waals surface area contributed by atoms with Gasteiger partial charge in [0.2, 0.25) is 11.8 Å². The van der Waals surface area contributed by atoms with Gasteiger partial charge in [0.1, 0.15) is 5.76 Å². The van der Waals surface area contributed by atoms with Gasteiger partial charge in [-0.1, -0.05) is 6.92 Å².